The van der Waals surface area contributed by atoms with Crippen molar-refractivity contribution in [2.75, 3.05) is 44.6 Å². The van der Waals surface area contributed by atoms with E-state index in [1.54, 1.807) is 17.9 Å². The molecule has 5 rings (SSSR count). The zero-order valence-corrected chi connectivity index (χ0v) is 23.7. The van der Waals surface area contributed by atoms with Gasteiger partial charge in [0.25, 0.3) is 11.6 Å². The van der Waals surface area contributed by atoms with Crippen LogP contribution in [0.25, 0.3) is 10.1 Å². The van der Waals surface area contributed by atoms with Crippen LogP contribution in [0, 0.1) is 10.1 Å². The van der Waals surface area contributed by atoms with Crippen molar-refractivity contribution in [2.45, 2.75) is 32.6 Å². The van der Waals surface area contributed by atoms with Crippen LogP contribution in [0.15, 0.2) is 18.2 Å². The van der Waals surface area contributed by atoms with Gasteiger partial charge in [-0.2, -0.15) is 0 Å². The van der Waals surface area contributed by atoms with Gasteiger partial charge >= 0.3 is 5.97 Å². The Kier molecular flexibility index (Phi) is 8.17. The van der Waals surface area contributed by atoms with Crippen LogP contribution >= 0.6 is 34.3 Å². The number of ether oxygens (including phenoxy) is 1. The van der Waals surface area contributed by atoms with Crippen molar-refractivity contribution in [3.63, 3.8) is 0 Å². The minimum atomic E-state index is -0.478. The summed E-state index contributed by atoms with van der Waals surface area (Å²) in [4.78, 5) is 54.6. The number of thiophene rings is 2. The molecule has 3 aromatic rings. The fourth-order valence-corrected chi connectivity index (χ4v) is 7.81. The highest BCUT2D eigenvalue weighted by Crippen LogP contribution is 2.39. The highest BCUT2D eigenvalue weighted by molar-refractivity contribution is 7.21. The lowest BCUT2D eigenvalue weighted by Gasteiger charge is -2.34. The van der Waals surface area contributed by atoms with E-state index < -0.39 is 10.9 Å². The van der Waals surface area contributed by atoms with E-state index in [9.17, 15) is 24.5 Å². The Hall–Kier alpha value is -3.06. The molecular weight excluding hydrogens is 564 g/mol. The number of piperazine rings is 1. The molecule has 206 valence electrons. The third-order valence-electron chi connectivity index (χ3n) is 6.95. The topological polar surface area (TPSA) is 122 Å². The van der Waals surface area contributed by atoms with Crippen molar-refractivity contribution in [3.05, 3.63) is 54.2 Å². The summed E-state index contributed by atoms with van der Waals surface area (Å²) in [5.41, 5.74) is 1.44. The maximum atomic E-state index is 13.2. The van der Waals surface area contributed by atoms with Crippen molar-refractivity contribution in [2.24, 2.45) is 0 Å². The largest absolute Gasteiger partial charge is 0.462 e. The summed E-state index contributed by atoms with van der Waals surface area (Å²) in [7, 11) is 0. The number of carbonyl (C=O) groups excluding carboxylic acids is 3. The van der Waals surface area contributed by atoms with Gasteiger partial charge in [0.15, 0.2) is 0 Å². The van der Waals surface area contributed by atoms with E-state index in [4.69, 9.17) is 16.3 Å². The van der Waals surface area contributed by atoms with Crippen LogP contribution in [0.1, 0.15) is 50.2 Å². The van der Waals surface area contributed by atoms with Crippen LogP contribution in [0.2, 0.25) is 5.02 Å². The van der Waals surface area contributed by atoms with Crippen LogP contribution < -0.4 is 5.32 Å². The van der Waals surface area contributed by atoms with Gasteiger partial charge in [-0.05, 0) is 44.2 Å². The monoisotopic (exact) mass is 590 g/mol. The molecule has 1 aliphatic carbocycles. The number of rotatable bonds is 7. The molecule has 0 unspecified atom stereocenters. The summed E-state index contributed by atoms with van der Waals surface area (Å²) in [6.45, 7) is 4.00. The Morgan fingerprint density at radius 1 is 1.13 bits per heavy atom. The van der Waals surface area contributed by atoms with E-state index in [2.05, 4.69) is 5.32 Å². The fraction of sp³-hybridized carbons (Fsp3) is 0.423. The van der Waals surface area contributed by atoms with E-state index in [1.165, 1.54) is 23.5 Å². The minimum absolute atomic E-state index is 0.0524. The van der Waals surface area contributed by atoms with Crippen molar-refractivity contribution in [3.8, 4) is 0 Å². The maximum absolute atomic E-state index is 13.2. The van der Waals surface area contributed by atoms with Gasteiger partial charge in [0.05, 0.1) is 28.7 Å². The fourth-order valence-electron chi connectivity index (χ4n) is 5.00. The number of carbonyl (C=O) groups is 3. The number of hydrogen-bond acceptors (Lipinski definition) is 9. The molecular formula is C26H27ClN4O6S2. The Morgan fingerprint density at radius 3 is 2.59 bits per heavy atom. The average Bonchev–Trinajstić information content (AvgIpc) is 3.45. The molecule has 0 radical (unpaired) electrons. The first-order valence-electron chi connectivity index (χ1n) is 12.8. The molecule has 13 heteroatoms. The van der Waals surface area contributed by atoms with Gasteiger partial charge < -0.3 is 15.0 Å². The summed E-state index contributed by atoms with van der Waals surface area (Å²) >= 11 is 9.07. The number of halogens is 1. The molecule has 0 spiro atoms. The molecule has 2 amide bonds. The number of nitro benzene ring substituents is 1. The average molecular weight is 591 g/mol. The van der Waals surface area contributed by atoms with Gasteiger partial charge in [0.2, 0.25) is 5.91 Å². The lowest BCUT2D eigenvalue weighted by atomic mass is 9.95. The van der Waals surface area contributed by atoms with Gasteiger partial charge in [0.1, 0.15) is 9.88 Å². The quantitative estimate of drug-likeness (QED) is 0.234. The number of amides is 2. The zero-order valence-electron chi connectivity index (χ0n) is 21.3. The molecule has 0 saturated carbocycles. The number of anilines is 1. The van der Waals surface area contributed by atoms with Crippen LogP contribution in [0.5, 0.6) is 0 Å². The predicted octanol–water partition coefficient (Wildman–Crippen LogP) is 4.98. The number of esters is 1. The molecule has 39 heavy (non-hydrogen) atoms. The molecule has 1 aliphatic heterocycles. The standard InChI is InChI=1S/C26H27ClN4O6S2/c1-2-37-26(34)21-16-5-3-4-6-18(16)39-24(21)28-20(32)14-29-9-11-30(12-10-29)25(33)23-22(27)17-8-7-15(31(35)36)13-19(17)38-23/h7-8,13H,2-6,9-12,14H2,1H3,(H,28,32). The Labute approximate surface area is 237 Å². The number of hydrogen-bond donors (Lipinski definition) is 1. The Morgan fingerprint density at radius 2 is 1.87 bits per heavy atom. The number of aryl methyl sites for hydroxylation is 1. The van der Waals surface area contributed by atoms with E-state index in [0.717, 1.165) is 47.5 Å². The number of fused-ring (bicyclic) bond motifs is 2. The number of benzene rings is 1. The SMILES string of the molecule is CCOC(=O)c1c(NC(=O)CN2CCN(C(=O)c3sc4cc([N+](=O)[O-])ccc4c3Cl)CC2)sc2c1CCCC2. The predicted molar refractivity (Wildman–Crippen MR) is 151 cm³/mol. The van der Waals surface area contributed by atoms with Gasteiger partial charge in [-0.25, -0.2) is 4.79 Å². The minimum Gasteiger partial charge on any atom is -0.462 e. The second kappa shape index (κ2) is 11.6. The summed E-state index contributed by atoms with van der Waals surface area (Å²) < 4.78 is 5.86. The summed E-state index contributed by atoms with van der Waals surface area (Å²) in [6, 6.07) is 4.37. The van der Waals surface area contributed by atoms with E-state index in [1.807, 2.05) is 4.90 Å². The van der Waals surface area contributed by atoms with Crippen molar-refractivity contribution >= 4 is 72.8 Å². The summed E-state index contributed by atoms with van der Waals surface area (Å²) in [5, 5.41) is 15.5. The highest BCUT2D eigenvalue weighted by atomic mass is 35.5. The normalized spacial score (nSPS) is 15.7. The number of non-ortho nitro benzene ring substituents is 1. The lowest BCUT2D eigenvalue weighted by molar-refractivity contribution is -0.384. The third kappa shape index (κ3) is 5.65. The Bertz CT molecular complexity index is 1460. The molecule has 0 atom stereocenters. The van der Waals surface area contributed by atoms with E-state index in [0.29, 0.717) is 56.7 Å². The first-order chi connectivity index (χ1) is 18.8. The zero-order chi connectivity index (χ0) is 27.7. The third-order valence-corrected chi connectivity index (χ3v) is 9.80. The van der Waals surface area contributed by atoms with Crippen molar-refractivity contribution < 1.29 is 24.0 Å². The first-order valence-corrected chi connectivity index (χ1v) is 14.8. The van der Waals surface area contributed by atoms with Crippen LogP contribution in [0.3, 0.4) is 0 Å². The van der Waals surface area contributed by atoms with Crippen molar-refractivity contribution in [1.29, 1.82) is 0 Å². The van der Waals surface area contributed by atoms with Crippen LogP contribution in [-0.2, 0) is 22.4 Å². The highest BCUT2D eigenvalue weighted by Gasteiger charge is 2.30. The lowest BCUT2D eigenvalue weighted by Crippen LogP contribution is -2.50. The number of nitrogens with zero attached hydrogens (tertiary/aromatic N) is 3. The number of nitrogens with one attached hydrogen (secondary N) is 1. The van der Waals surface area contributed by atoms with Gasteiger partial charge in [-0.3, -0.25) is 24.6 Å². The molecule has 10 nitrogen and oxygen atoms in total. The molecule has 3 heterocycles. The van der Waals surface area contributed by atoms with Gasteiger partial charge in [-0.15, -0.1) is 22.7 Å². The summed E-state index contributed by atoms with van der Waals surface area (Å²) in [5.74, 6) is -0.835. The maximum Gasteiger partial charge on any atom is 0.341 e. The second-order valence-corrected chi connectivity index (χ2v) is 12.0. The first kappa shape index (κ1) is 27.5. The molecule has 0 bridgehead atoms. The molecule has 1 aromatic carbocycles. The second-order valence-electron chi connectivity index (χ2n) is 9.43. The van der Waals surface area contributed by atoms with E-state index >= 15 is 0 Å². The Balaban J connectivity index is 1.21. The molecule has 1 N–H and O–H groups in total. The van der Waals surface area contributed by atoms with Crippen LogP contribution in [-0.4, -0.2) is 71.8 Å². The molecule has 2 aliphatic rings. The summed E-state index contributed by atoms with van der Waals surface area (Å²) in [6.07, 6.45) is 3.80. The molecule has 2 aromatic heterocycles. The van der Waals surface area contributed by atoms with Crippen molar-refractivity contribution in [1.82, 2.24) is 9.80 Å². The van der Waals surface area contributed by atoms with Gasteiger partial charge in [-0.1, -0.05) is 11.6 Å². The van der Waals surface area contributed by atoms with E-state index in [-0.39, 0.29) is 30.7 Å². The molecule has 1 saturated heterocycles. The van der Waals surface area contributed by atoms with Gasteiger partial charge in [0, 0.05) is 53.3 Å². The smallest absolute Gasteiger partial charge is 0.341 e. The van der Waals surface area contributed by atoms with Crippen LogP contribution in [0.4, 0.5) is 10.7 Å². The molecule has 1 fully saturated rings. The number of nitro groups is 1.